The fraction of sp³-hybridized carbons (Fsp3) is 0.652. The molecule has 0 spiro atoms. The third-order valence-electron chi connectivity index (χ3n) is 7.38. The van der Waals surface area contributed by atoms with Crippen LogP contribution in [-0.4, -0.2) is 47.2 Å². The number of anilines is 1. The van der Waals surface area contributed by atoms with Crippen molar-refractivity contribution in [2.75, 3.05) is 18.0 Å². The molecular weight excluding hydrogens is 385 g/mol. The lowest BCUT2D eigenvalue weighted by atomic mass is 9.79. The number of halogens is 1. The van der Waals surface area contributed by atoms with E-state index in [0.717, 1.165) is 37.8 Å². The number of likely N-dealkylation sites (tertiary alicyclic amines) is 1. The molecular formula is C23H32FN3O3. The van der Waals surface area contributed by atoms with Gasteiger partial charge in [-0.25, -0.2) is 9.18 Å². The zero-order chi connectivity index (χ0) is 21.4. The summed E-state index contributed by atoms with van der Waals surface area (Å²) >= 11 is 0. The second-order valence-electron chi connectivity index (χ2n) is 9.37. The predicted octanol–water partition coefficient (Wildman–Crippen LogP) is 4.16. The molecule has 7 heteroatoms. The van der Waals surface area contributed by atoms with Crippen LogP contribution < -0.4 is 10.2 Å². The maximum atomic E-state index is 13.8. The molecule has 1 unspecified atom stereocenters. The van der Waals surface area contributed by atoms with Gasteiger partial charge in [0.1, 0.15) is 11.9 Å². The number of amides is 2. The molecule has 1 aromatic carbocycles. The Morgan fingerprint density at radius 1 is 1.10 bits per heavy atom. The van der Waals surface area contributed by atoms with E-state index in [9.17, 15) is 14.0 Å². The summed E-state index contributed by atoms with van der Waals surface area (Å²) in [5, 5.41) is 11.4. The van der Waals surface area contributed by atoms with Gasteiger partial charge in [0.15, 0.2) is 0 Å². The van der Waals surface area contributed by atoms with E-state index in [1.807, 2.05) is 0 Å². The predicted molar refractivity (Wildman–Crippen MR) is 113 cm³/mol. The Morgan fingerprint density at radius 2 is 1.77 bits per heavy atom. The van der Waals surface area contributed by atoms with Crippen molar-refractivity contribution in [3.8, 4) is 0 Å². The lowest BCUT2D eigenvalue weighted by Crippen LogP contribution is -2.51. The molecule has 0 bridgehead atoms. The van der Waals surface area contributed by atoms with Gasteiger partial charge in [0.05, 0.1) is 5.69 Å². The highest BCUT2D eigenvalue weighted by atomic mass is 19.1. The topological polar surface area (TPSA) is 72.9 Å². The molecule has 2 fully saturated rings. The summed E-state index contributed by atoms with van der Waals surface area (Å²) in [6.07, 6.45) is 5.53. The molecule has 1 saturated heterocycles. The normalized spacial score (nSPS) is 28.1. The van der Waals surface area contributed by atoms with E-state index in [1.165, 1.54) is 37.8 Å². The third kappa shape index (κ3) is 4.04. The number of carbonyl (C=O) groups is 2. The Morgan fingerprint density at radius 3 is 2.37 bits per heavy atom. The summed E-state index contributed by atoms with van der Waals surface area (Å²) in [5.74, 6) is 0.841. The van der Waals surface area contributed by atoms with E-state index in [-0.39, 0.29) is 11.9 Å². The highest BCUT2D eigenvalue weighted by Crippen LogP contribution is 2.40. The van der Waals surface area contributed by atoms with E-state index >= 15 is 0 Å². The van der Waals surface area contributed by atoms with Gasteiger partial charge in [-0.05, 0) is 68.6 Å². The van der Waals surface area contributed by atoms with Crippen LogP contribution in [0.1, 0.15) is 64.0 Å². The first-order chi connectivity index (χ1) is 14.3. The van der Waals surface area contributed by atoms with Gasteiger partial charge >= 0.3 is 6.09 Å². The Labute approximate surface area is 177 Å². The number of hydrogen-bond acceptors (Lipinski definition) is 3. The summed E-state index contributed by atoms with van der Waals surface area (Å²) in [4.78, 5) is 28.5. The Kier molecular flexibility index (Phi) is 6.00. The zero-order valence-electron chi connectivity index (χ0n) is 17.8. The number of piperidine rings is 1. The molecule has 0 radical (unpaired) electrons. The van der Waals surface area contributed by atoms with E-state index < -0.39 is 18.0 Å². The van der Waals surface area contributed by atoms with Crippen LogP contribution in [0.25, 0.3) is 0 Å². The minimum absolute atomic E-state index is 0.0190. The third-order valence-corrected chi connectivity index (χ3v) is 7.38. The Balaban J connectivity index is 1.42. The van der Waals surface area contributed by atoms with Crippen LogP contribution in [-0.2, 0) is 4.79 Å². The number of fused-ring (bicyclic) bond motifs is 1. The number of hydrogen-bond donors (Lipinski definition) is 2. The van der Waals surface area contributed by atoms with Crippen LogP contribution in [0.5, 0.6) is 0 Å². The summed E-state index contributed by atoms with van der Waals surface area (Å²) < 4.78 is 13.8. The van der Waals surface area contributed by atoms with Gasteiger partial charge in [0.25, 0.3) is 5.91 Å². The summed E-state index contributed by atoms with van der Waals surface area (Å²) in [6.45, 7) is 6.53. The summed E-state index contributed by atoms with van der Waals surface area (Å²) in [7, 11) is 0. The molecule has 1 saturated carbocycles. The van der Waals surface area contributed by atoms with Crippen molar-refractivity contribution >= 4 is 17.7 Å². The number of carbonyl (C=O) groups excluding carboxylic acids is 1. The first-order valence-corrected chi connectivity index (χ1v) is 11.2. The molecule has 6 nitrogen and oxygen atoms in total. The molecule has 2 aliphatic heterocycles. The van der Waals surface area contributed by atoms with Crippen molar-refractivity contribution in [2.24, 2.45) is 11.8 Å². The minimum atomic E-state index is -1.28. The van der Waals surface area contributed by atoms with Crippen molar-refractivity contribution in [2.45, 2.75) is 70.5 Å². The molecule has 1 aliphatic carbocycles. The molecule has 2 heterocycles. The smallest absolute Gasteiger partial charge is 0.405 e. The molecule has 2 N–H and O–H groups in total. The van der Waals surface area contributed by atoms with E-state index in [2.05, 4.69) is 24.1 Å². The molecule has 1 aromatic rings. The zero-order valence-corrected chi connectivity index (χ0v) is 17.8. The maximum absolute atomic E-state index is 13.8. The molecule has 164 valence electrons. The van der Waals surface area contributed by atoms with Crippen molar-refractivity contribution in [3.05, 3.63) is 29.6 Å². The van der Waals surface area contributed by atoms with Crippen LogP contribution >= 0.6 is 0 Å². The van der Waals surface area contributed by atoms with Crippen LogP contribution in [0, 0.1) is 17.7 Å². The van der Waals surface area contributed by atoms with Gasteiger partial charge in [0, 0.05) is 30.7 Å². The number of nitrogens with zero attached hydrogens (tertiary/aromatic N) is 2. The number of carboxylic acid groups (broad SMARTS) is 1. The van der Waals surface area contributed by atoms with Gasteiger partial charge in [-0.15, -0.1) is 0 Å². The van der Waals surface area contributed by atoms with Crippen molar-refractivity contribution in [1.82, 2.24) is 10.2 Å². The van der Waals surface area contributed by atoms with Gasteiger partial charge in [-0.3, -0.25) is 4.79 Å². The lowest BCUT2D eigenvalue weighted by molar-refractivity contribution is -0.120. The second-order valence-corrected chi connectivity index (χ2v) is 9.37. The molecule has 30 heavy (non-hydrogen) atoms. The SMILES string of the molecule is CC(C)C1CCC(N2CCC(N3C(=O)C(NC(=O)O)c4cc(F)ccc43)CC2)CC1. The minimum Gasteiger partial charge on any atom is -0.465 e. The number of rotatable bonds is 4. The monoisotopic (exact) mass is 417 g/mol. The second kappa shape index (κ2) is 8.53. The summed E-state index contributed by atoms with van der Waals surface area (Å²) in [5.41, 5.74) is 1.05. The van der Waals surface area contributed by atoms with Crippen LogP contribution in [0.4, 0.5) is 14.9 Å². The number of benzene rings is 1. The number of nitrogens with one attached hydrogen (secondary N) is 1. The Bertz CT molecular complexity index is 799. The van der Waals surface area contributed by atoms with Crippen LogP contribution in [0.15, 0.2) is 18.2 Å². The molecule has 3 aliphatic rings. The van der Waals surface area contributed by atoms with E-state index in [4.69, 9.17) is 5.11 Å². The maximum Gasteiger partial charge on any atom is 0.405 e. The van der Waals surface area contributed by atoms with Gasteiger partial charge in [0.2, 0.25) is 0 Å². The average Bonchev–Trinajstić information content (AvgIpc) is 2.99. The first-order valence-electron chi connectivity index (χ1n) is 11.2. The molecule has 0 aromatic heterocycles. The van der Waals surface area contributed by atoms with Gasteiger partial charge in [-0.1, -0.05) is 13.8 Å². The van der Waals surface area contributed by atoms with Crippen LogP contribution in [0.3, 0.4) is 0 Å². The molecule has 1 atom stereocenters. The molecule has 4 rings (SSSR count). The fourth-order valence-electron chi connectivity index (χ4n) is 5.65. The van der Waals surface area contributed by atoms with Crippen molar-refractivity contribution < 1.29 is 19.1 Å². The fourth-order valence-corrected chi connectivity index (χ4v) is 5.65. The average molecular weight is 418 g/mol. The highest BCUT2D eigenvalue weighted by molar-refractivity contribution is 6.06. The van der Waals surface area contributed by atoms with Crippen LogP contribution in [0.2, 0.25) is 0 Å². The van der Waals surface area contributed by atoms with Crippen molar-refractivity contribution in [1.29, 1.82) is 0 Å². The molecule has 2 amide bonds. The highest BCUT2D eigenvalue weighted by Gasteiger charge is 2.43. The van der Waals surface area contributed by atoms with Gasteiger partial charge in [-0.2, -0.15) is 0 Å². The standard InChI is InChI=1S/C23H32FN3O3/c1-14(2)15-3-6-17(7-4-15)26-11-9-18(10-12-26)27-20-8-5-16(24)13-19(20)21(22(27)28)25-23(29)30/h5,8,13-15,17-18,21,25H,3-4,6-7,9-12H2,1-2H3,(H,29,30). The van der Waals surface area contributed by atoms with E-state index in [1.54, 1.807) is 11.0 Å². The van der Waals surface area contributed by atoms with Gasteiger partial charge < -0.3 is 20.2 Å². The van der Waals surface area contributed by atoms with Crippen molar-refractivity contribution in [3.63, 3.8) is 0 Å². The summed E-state index contributed by atoms with van der Waals surface area (Å²) in [6, 6.07) is 3.84. The van der Waals surface area contributed by atoms with E-state index in [0.29, 0.717) is 17.3 Å². The quantitative estimate of drug-likeness (QED) is 0.772. The lowest BCUT2D eigenvalue weighted by Gasteiger charge is -2.43. The largest absolute Gasteiger partial charge is 0.465 e. The Hall–Kier alpha value is -2.15. The first kappa shape index (κ1) is 21.1.